The number of rotatable bonds is 2. The van der Waals surface area contributed by atoms with Crippen molar-refractivity contribution in [2.24, 2.45) is 5.92 Å². The fourth-order valence-corrected chi connectivity index (χ4v) is 4.65. The van der Waals surface area contributed by atoms with Gasteiger partial charge >= 0.3 is 0 Å². The first-order valence-electron chi connectivity index (χ1n) is 6.45. The van der Waals surface area contributed by atoms with Crippen LogP contribution in [0.2, 0.25) is 0 Å². The Labute approximate surface area is 97.6 Å². The molecule has 0 heterocycles. The van der Waals surface area contributed by atoms with Gasteiger partial charge < -0.3 is 0 Å². The van der Waals surface area contributed by atoms with Crippen molar-refractivity contribution in [2.45, 2.75) is 68.3 Å². The molecule has 2 aliphatic rings. The molecular weight excluding hydrogens is 202 g/mol. The van der Waals surface area contributed by atoms with Crippen molar-refractivity contribution in [3.8, 4) is 6.07 Å². The van der Waals surface area contributed by atoms with Gasteiger partial charge in [0.15, 0.2) is 0 Å². The van der Waals surface area contributed by atoms with Crippen LogP contribution < -0.4 is 0 Å². The molecule has 0 aromatic heterocycles. The number of nitrogens with zero attached hydrogens (tertiary/aromatic N) is 1. The molecule has 0 aromatic carbocycles. The van der Waals surface area contributed by atoms with Gasteiger partial charge in [-0.2, -0.15) is 17.0 Å². The molecule has 15 heavy (non-hydrogen) atoms. The molecule has 0 spiro atoms. The summed E-state index contributed by atoms with van der Waals surface area (Å²) in [5.41, 5.74) is 0. The standard InChI is InChI=1S/C13H21NS/c14-10-11-6-4-5-9-13(11)15-12-7-2-1-3-8-12/h11-13H,1-9H2. The SMILES string of the molecule is N#CC1CCCCC1SC1CCCCC1. The van der Waals surface area contributed by atoms with E-state index >= 15 is 0 Å². The maximum Gasteiger partial charge on any atom is 0.0667 e. The Balaban J connectivity index is 1.83. The van der Waals surface area contributed by atoms with Gasteiger partial charge in [0.2, 0.25) is 0 Å². The highest BCUT2D eigenvalue weighted by atomic mass is 32.2. The monoisotopic (exact) mass is 223 g/mol. The van der Waals surface area contributed by atoms with E-state index in [1.165, 1.54) is 51.4 Å². The Morgan fingerprint density at radius 1 is 0.867 bits per heavy atom. The van der Waals surface area contributed by atoms with Crippen molar-refractivity contribution >= 4 is 11.8 Å². The van der Waals surface area contributed by atoms with Crippen molar-refractivity contribution in [3.63, 3.8) is 0 Å². The Kier molecular flexibility index (Phi) is 4.38. The second-order valence-electron chi connectivity index (χ2n) is 4.95. The zero-order valence-electron chi connectivity index (χ0n) is 9.45. The molecule has 0 radical (unpaired) electrons. The van der Waals surface area contributed by atoms with Gasteiger partial charge in [0.25, 0.3) is 0 Å². The van der Waals surface area contributed by atoms with E-state index in [4.69, 9.17) is 5.26 Å². The topological polar surface area (TPSA) is 23.8 Å². The lowest BCUT2D eigenvalue weighted by atomic mass is 9.90. The van der Waals surface area contributed by atoms with Gasteiger partial charge in [-0.3, -0.25) is 0 Å². The summed E-state index contributed by atoms with van der Waals surface area (Å²) in [4.78, 5) is 0. The molecule has 0 aliphatic heterocycles. The molecular formula is C13H21NS. The minimum atomic E-state index is 0.352. The largest absolute Gasteiger partial charge is 0.198 e. The predicted molar refractivity (Wildman–Crippen MR) is 65.8 cm³/mol. The Bertz CT molecular complexity index is 227. The second-order valence-corrected chi connectivity index (χ2v) is 6.50. The lowest BCUT2D eigenvalue weighted by molar-refractivity contribution is 0.434. The lowest BCUT2D eigenvalue weighted by Crippen LogP contribution is -2.24. The third-order valence-corrected chi connectivity index (χ3v) is 5.56. The van der Waals surface area contributed by atoms with E-state index in [2.05, 4.69) is 17.8 Å². The van der Waals surface area contributed by atoms with Gasteiger partial charge in [0, 0.05) is 10.5 Å². The van der Waals surface area contributed by atoms with Crippen LogP contribution in [0.15, 0.2) is 0 Å². The van der Waals surface area contributed by atoms with Gasteiger partial charge in [-0.1, -0.05) is 32.1 Å². The minimum absolute atomic E-state index is 0.352. The van der Waals surface area contributed by atoms with Gasteiger partial charge in [0.05, 0.1) is 12.0 Å². The first-order chi connectivity index (χ1) is 7.40. The van der Waals surface area contributed by atoms with Crippen molar-refractivity contribution in [2.75, 3.05) is 0 Å². The first kappa shape index (κ1) is 11.3. The van der Waals surface area contributed by atoms with Crippen molar-refractivity contribution in [3.05, 3.63) is 0 Å². The summed E-state index contributed by atoms with van der Waals surface area (Å²) < 4.78 is 0. The fraction of sp³-hybridized carbons (Fsp3) is 0.923. The molecule has 2 rings (SSSR count). The van der Waals surface area contributed by atoms with Crippen LogP contribution in [0.25, 0.3) is 0 Å². The molecule has 2 aliphatic carbocycles. The van der Waals surface area contributed by atoms with E-state index in [1.807, 2.05) is 0 Å². The van der Waals surface area contributed by atoms with E-state index in [-0.39, 0.29) is 0 Å². The van der Waals surface area contributed by atoms with Gasteiger partial charge in [0.1, 0.15) is 0 Å². The molecule has 84 valence electrons. The van der Waals surface area contributed by atoms with E-state index in [0.29, 0.717) is 11.2 Å². The highest BCUT2D eigenvalue weighted by Gasteiger charge is 2.28. The van der Waals surface area contributed by atoms with Crippen LogP contribution in [-0.2, 0) is 0 Å². The summed E-state index contributed by atoms with van der Waals surface area (Å²) in [5, 5.41) is 10.7. The van der Waals surface area contributed by atoms with Crippen molar-refractivity contribution < 1.29 is 0 Å². The van der Waals surface area contributed by atoms with Gasteiger partial charge in [-0.25, -0.2) is 0 Å². The summed E-state index contributed by atoms with van der Waals surface area (Å²) in [6.45, 7) is 0. The zero-order chi connectivity index (χ0) is 10.5. The average Bonchev–Trinajstić information content (AvgIpc) is 2.31. The van der Waals surface area contributed by atoms with Crippen LogP contribution in [-0.4, -0.2) is 10.5 Å². The molecule has 2 unspecified atom stereocenters. The first-order valence-corrected chi connectivity index (χ1v) is 7.39. The van der Waals surface area contributed by atoms with Crippen LogP contribution in [0.4, 0.5) is 0 Å². The molecule has 2 saturated carbocycles. The quantitative estimate of drug-likeness (QED) is 0.702. The molecule has 2 fully saturated rings. The number of nitriles is 1. The third-order valence-electron chi connectivity index (χ3n) is 3.79. The minimum Gasteiger partial charge on any atom is -0.198 e. The van der Waals surface area contributed by atoms with Crippen LogP contribution in [0, 0.1) is 17.2 Å². The van der Waals surface area contributed by atoms with E-state index < -0.39 is 0 Å². The van der Waals surface area contributed by atoms with Crippen LogP contribution in [0.3, 0.4) is 0 Å². The molecule has 0 amide bonds. The molecule has 2 heteroatoms. The Morgan fingerprint density at radius 2 is 1.53 bits per heavy atom. The smallest absolute Gasteiger partial charge is 0.0667 e. The predicted octanol–water partition coefficient (Wildman–Crippen LogP) is 4.13. The van der Waals surface area contributed by atoms with E-state index in [0.717, 1.165) is 11.7 Å². The third kappa shape index (κ3) is 3.14. The molecule has 2 atom stereocenters. The van der Waals surface area contributed by atoms with Crippen LogP contribution in [0.5, 0.6) is 0 Å². The lowest BCUT2D eigenvalue weighted by Gasteiger charge is -2.31. The van der Waals surface area contributed by atoms with Crippen LogP contribution in [0.1, 0.15) is 57.8 Å². The average molecular weight is 223 g/mol. The van der Waals surface area contributed by atoms with Crippen LogP contribution >= 0.6 is 11.8 Å². The van der Waals surface area contributed by atoms with E-state index in [9.17, 15) is 0 Å². The molecule has 0 aromatic rings. The van der Waals surface area contributed by atoms with Crippen molar-refractivity contribution in [1.82, 2.24) is 0 Å². The summed E-state index contributed by atoms with van der Waals surface area (Å²) in [6.07, 6.45) is 12.1. The van der Waals surface area contributed by atoms with Crippen molar-refractivity contribution in [1.29, 1.82) is 5.26 Å². The zero-order valence-corrected chi connectivity index (χ0v) is 10.3. The number of hydrogen-bond acceptors (Lipinski definition) is 2. The molecule has 1 nitrogen and oxygen atoms in total. The molecule has 0 bridgehead atoms. The summed E-state index contributed by atoms with van der Waals surface area (Å²) in [6, 6.07) is 2.52. The van der Waals surface area contributed by atoms with Gasteiger partial charge in [-0.05, 0) is 25.7 Å². The highest BCUT2D eigenvalue weighted by molar-refractivity contribution is 8.00. The summed E-state index contributed by atoms with van der Waals surface area (Å²) in [5.74, 6) is 0.352. The number of thioether (sulfide) groups is 1. The maximum absolute atomic E-state index is 9.13. The Morgan fingerprint density at radius 3 is 2.27 bits per heavy atom. The Hall–Kier alpha value is -0.160. The molecule has 0 N–H and O–H groups in total. The molecule has 0 saturated heterocycles. The maximum atomic E-state index is 9.13. The fourth-order valence-electron chi connectivity index (χ4n) is 2.86. The van der Waals surface area contributed by atoms with E-state index in [1.54, 1.807) is 0 Å². The highest BCUT2D eigenvalue weighted by Crippen LogP contribution is 2.39. The second kappa shape index (κ2) is 5.80. The summed E-state index contributed by atoms with van der Waals surface area (Å²) >= 11 is 2.15. The normalized spacial score (nSPS) is 33.5. The van der Waals surface area contributed by atoms with Gasteiger partial charge in [-0.15, -0.1) is 0 Å². The number of hydrogen-bond donors (Lipinski definition) is 0. The summed E-state index contributed by atoms with van der Waals surface area (Å²) in [7, 11) is 0.